The highest BCUT2D eigenvalue weighted by Crippen LogP contribution is 2.32. The van der Waals surface area contributed by atoms with Gasteiger partial charge in [-0.25, -0.2) is 4.99 Å². The van der Waals surface area contributed by atoms with Crippen LogP contribution in [-0.2, 0) is 6.54 Å². The third-order valence-corrected chi connectivity index (χ3v) is 5.53. The molecule has 132 valence electrons. The van der Waals surface area contributed by atoms with E-state index in [4.69, 9.17) is 4.99 Å². The Labute approximate surface area is 146 Å². The van der Waals surface area contributed by atoms with E-state index in [9.17, 15) is 0 Å². The van der Waals surface area contributed by atoms with Gasteiger partial charge in [-0.15, -0.1) is 0 Å². The van der Waals surface area contributed by atoms with E-state index in [1.807, 2.05) is 12.3 Å². The molecule has 3 rings (SSSR count). The molecule has 24 heavy (non-hydrogen) atoms. The van der Waals surface area contributed by atoms with Crippen LogP contribution in [0.5, 0.6) is 0 Å². The number of guanidine groups is 1. The van der Waals surface area contributed by atoms with Gasteiger partial charge in [0, 0.05) is 30.9 Å². The molecule has 0 spiro atoms. The van der Waals surface area contributed by atoms with Gasteiger partial charge in [-0.1, -0.05) is 12.5 Å². The molecule has 5 nitrogen and oxygen atoms in total. The van der Waals surface area contributed by atoms with Gasteiger partial charge in [0.1, 0.15) is 0 Å². The second-order valence-corrected chi connectivity index (χ2v) is 7.18. The lowest BCUT2D eigenvalue weighted by atomic mass is 9.82. The van der Waals surface area contributed by atoms with Gasteiger partial charge < -0.3 is 15.5 Å². The molecule has 0 saturated carbocycles. The predicted molar refractivity (Wildman–Crippen MR) is 99.1 cm³/mol. The number of fused-ring (bicyclic) bond motifs is 2. The van der Waals surface area contributed by atoms with Crippen molar-refractivity contribution < 1.29 is 0 Å². The molecule has 0 aliphatic carbocycles. The minimum absolute atomic E-state index is 0.527. The van der Waals surface area contributed by atoms with E-state index in [1.54, 1.807) is 0 Å². The van der Waals surface area contributed by atoms with Crippen molar-refractivity contribution in [3.63, 3.8) is 0 Å². The van der Waals surface area contributed by atoms with Crippen LogP contribution < -0.4 is 10.6 Å². The van der Waals surface area contributed by atoms with Crippen LogP contribution in [0.15, 0.2) is 23.3 Å². The Morgan fingerprint density at radius 3 is 2.75 bits per heavy atom. The number of nitrogens with one attached hydrogen (secondary N) is 2. The average molecular weight is 329 g/mol. The first-order valence-electron chi connectivity index (χ1n) is 9.34. The number of aromatic nitrogens is 1. The number of rotatable bonds is 4. The van der Waals surface area contributed by atoms with Gasteiger partial charge in [0.05, 0.1) is 12.2 Å². The highest BCUT2D eigenvalue weighted by molar-refractivity contribution is 5.80. The van der Waals surface area contributed by atoms with Crippen LogP contribution in [0, 0.1) is 6.92 Å². The van der Waals surface area contributed by atoms with Crippen molar-refractivity contribution >= 4 is 5.96 Å². The number of aliphatic imine (C=N–C) groups is 1. The smallest absolute Gasteiger partial charge is 0.191 e. The fourth-order valence-electron chi connectivity index (χ4n) is 4.08. The summed E-state index contributed by atoms with van der Waals surface area (Å²) >= 11 is 0. The third kappa shape index (κ3) is 4.07. The van der Waals surface area contributed by atoms with Gasteiger partial charge in [0.2, 0.25) is 0 Å². The fraction of sp³-hybridized carbons (Fsp3) is 0.684. The first-order chi connectivity index (χ1) is 11.7. The molecule has 1 aromatic heterocycles. The minimum atomic E-state index is 0.527. The number of nitrogens with zero attached hydrogens (tertiary/aromatic N) is 3. The van der Waals surface area contributed by atoms with Crippen LogP contribution in [0.2, 0.25) is 0 Å². The summed E-state index contributed by atoms with van der Waals surface area (Å²) in [7, 11) is 2.30. The van der Waals surface area contributed by atoms with E-state index >= 15 is 0 Å². The SMILES string of the molecule is CCNC(=NCc1ncccc1C)NC1CC2CCCC(C1)N2C. The highest BCUT2D eigenvalue weighted by atomic mass is 15.2. The molecule has 2 fully saturated rings. The van der Waals surface area contributed by atoms with Crippen molar-refractivity contribution in [1.29, 1.82) is 0 Å². The lowest BCUT2D eigenvalue weighted by molar-refractivity contribution is 0.0526. The summed E-state index contributed by atoms with van der Waals surface area (Å²) in [6.45, 7) is 5.72. The monoisotopic (exact) mass is 329 g/mol. The summed E-state index contributed by atoms with van der Waals surface area (Å²) in [5.41, 5.74) is 2.25. The van der Waals surface area contributed by atoms with Gasteiger partial charge in [-0.2, -0.15) is 0 Å². The largest absolute Gasteiger partial charge is 0.357 e. The van der Waals surface area contributed by atoms with Crippen molar-refractivity contribution in [2.45, 2.75) is 70.6 Å². The molecule has 2 aliphatic rings. The molecule has 0 amide bonds. The van der Waals surface area contributed by atoms with Crippen LogP contribution in [0.1, 0.15) is 50.3 Å². The summed E-state index contributed by atoms with van der Waals surface area (Å²) in [5, 5.41) is 7.07. The van der Waals surface area contributed by atoms with Crippen molar-refractivity contribution in [2.75, 3.05) is 13.6 Å². The molecule has 2 saturated heterocycles. The Hall–Kier alpha value is -1.62. The number of hydrogen-bond donors (Lipinski definition) is 2. The molecule has 2 N–H and O–H groups in total. The normalized spacial score (nSPS) is 27.8. The number of piperidine rings is 2. The van der Waals surface area contributed by atoms with Gasteiger partial charge in [0.25, 0.3) is 0 Å². The number of aryl methyl sites for hydroxylation is 1. The first-order valence-corrected chi connectivity index (χ1v) is 9.34. The Balaban J connectivity index is 1.63. The Kier molecular flexibility index (Phi) is 5.72. The van der Waals surface area contributed by atoms with Gasteiger partial charge in [-0.05, 0) is 58.2 Å². The summed E-state index contributed by atoms with van der Waals surface area (Å²) in [6, 6.07) is 6.06. The van der Waals surface area contributed by atoms with Gasteiger partial charge in [-0.3, -0.25) is 4.98 Å². The minimum Gasteiger partial charge on any atom is -0.357 e. The zero-order valence-electron chi connectivity index (χ0n) is 15.3. The maximum absolute atomic E-state index is 4.77. The third-order valence-electron chi connectivity index (χ3n) is 5.53. The van der Waals surface area contributed by atoms with Crippen molar-refractivity contribution in [2.24, 2.45) is 4.99 Å². The quantitative estimate of drug-likeness (QED) is 0.658. The maximum atomic E-state index is 4.77. The second kappa shape index (κ2) is 7.97. The molecule has 0 radical (unpaired) electrons. The van der Waals surface area contributed by atoms with E-state index in [0.29, 0.717) is 12.6 Å². The highest BCUT2D eigenvalue weighted by Gasteiger charge is 2.36. The Morgan fingerprint density at radius 1 is 1.33 bits per heavy atom. The molecule has 5 heteroatoms. The molecule has 2 unspecified atom stereocenters. The van der Waals surface area contributed by atoms with E-state index in [0.717, 1.165) is 30.3 Å². The molecular weight excluding hydrogens is 298 g/mol. The molecule has 2 atom stereocenters. The topological polar surface area (TPSA) is 52.6 Å². The van der Waals surface area contributed by atoms with E-state index < -0.39 is 0 Å². The first kappa shape index (κ1) is 17.2. The molecule has 0 aromatic carbocycles. The lowest BCUT2D eigenvalue weighted by Gasteiger charge is -2.47. The van der Waals surface area contributed by atoms with E-state index in [-0.39, 0.29) is 0 Å². The zero-order valence-corrected chi connectivity index (χ0v) is 15.3. The predicted octanol–water partition coefficient (Wildman–Crippen LogP) is 2.46. The summed E-state index contributed by atoms with van der Waals surface area (Å²) < 4.78 is 0. The molecule has 3 heterocycles. The molecule has 1 aromatic rings. The zero-order chi connectivity index (χ0) is 16.9. The van der Waals surface area contributed by atoms with E-state index in [1.165, 1.54) is 37.7 Å². The lowest BCUT2D eigenvalue weighted by Crippen LogP contribution is -2.56. The van der Waals surface area contributed by atoms with Crippen LogP contribution in [-0.4, -0.2) is 47.6 Å². The van der Waals surface area contributed by atoms with Crippen molar-refractivity contribution in [1.82, 2.24) is 20.5 Å². The Morgan fingerprint density at radius 2 is 2.08 bits per heavy atom. The van der Waals surface area contributed by atoms with Crippen LogP contribution in [0.3, 0.4) is 0 Å². The molecule has 2 bridgehead atoms. The number of hydrogen-bond acceptors (Lipinski definition) is 3. The Bertz CT molecular complexity index is 557. The second-order valence-electron chi connectivity index (χ2n) is 7.18. The van der Waals surface area contributed by atoms with Gasteiger partial charge in [0.15, 0.2) is 5.96 Å². The summed E-state index contributed by atoms with van der Waals surface area (Å²) in [6.07, 6.45) is 8.36. The van der Waals surface area contributed by atoms with Crippen molar-refractivity contribution in [3.8, 4) is 0 Å². The number of pyridine rings is 1. The van der Waals surface area contributed by atoms with E-state index in [2.05, 4.69) is 47.5 Å². The van der Waals surface area contributed by atoms with Crippen molar-refractivity contribution in [3.05, 3.63) is 29.6 Å². The average Bonchev–Trinajstić information content (AvgIpc) is 2.55. The summed E-state index contributed by atoms with van der Waals surface area (Å²) in [4.78, 5) is 11.8. The summed E-state index contributed by atoms with van der Waals surface area (Å²) in [5.74, 6) is 0.926. The fourth-order valence-corrected chi connectivity index (χ4v) is 4.08. The van der Waals surface area contributed by atoms with Gasteiger partial charge >= 0.3 is 0 Å². The van der Waals surface area contributed by atoms with Crippen LogP contribution in [0.25, 0.3) is 0 Å². The maximum Gasteiger partial charge on any atom is 0.191 e. The van der Waals surface area contributed by atoms with Crippen LogP contribution in [0.4, 0.5) is 0 Å². The molecule has 2 aliphatic heterocycles. The standard InChI is InChI=1S/C19H31N5/c1-4-20-19(22-13-18-14(2)7-6-10-21-18)23-15-11-16-8-5-9-17(12-15)24(16)3/h6-7,10,15-17H,4-5,8-9,11-13H2,1-3H3,(H2,20,22,23). The molecular formula is C19H31N5. The van der Waals surface area contributed by atoms with Crippen LogP contribution >= 0.6 is 0 Å².